The zero-order valence-corrected chi connectivity index (χ0v) is 21.2. The number of hydrogen-bond donors (Lipinski definition) is 2. The van der Waals surface area contributed by atoms with Gasteiger partial charge in [0.25, 0.3) is 0 Å². The molecule has 0 aliphatic heterocycles. The first-order valence-corrected chi connectivity index (χ1v) is 12.7. The van der Waals surface area contributed by atoms with Crippen LogP contribution in [-0.4, -0.2) is 26.9 Å². The third kappa shape index (κ3) is 5.38. The molecule has 2 N–H and O–H groups in total. The van der Waals surface area contributed by atoms with Crippen molar-refractivity contribution in [2.75, 3.05) is 5.32 Å². The Morgan fingerprint density at radius 2 is 1.95 bits per heavy atom. The number of aromatic nitrogens is 3. The minimum atomic E-state index is -0.367. The predicted molar refractivity (Wildman–Crippen MR) is 136 cm³/mol. The Kier molecular flexibility index (Phi) is 6.50. The Balaban J connectivity index is 1.33. The van der Waals surface area contributed by atoms with Gasteiger partial charge in [-0.3, -0.25) is 9.59 Å². The molecule has 9 nitrogen and oxygen atoms in total. The highest BCUT2D eigenvalue weighted by atomic mass is 16.5. The molecule has 37 heavy (non-hydrogen) atoms. The van der Waals surface area contributed by atoms with Crippen LogP contribution in [0.3, 0.4) is 0 Å². The molecule has 1 unspecified atom stereocenters. The molecule has 3 atom stereocenters. The summed E-state index contributed by atoms with van der Waals surface area (Å²) in [6, 6.07) is 12.0. The third-order valence-electron chi connectivity index (χ3n) is 6.94. The molecule has 0 radical (unpaired) electrons. The second kappa shape index (κ2) is 9.77. The monoisotopic (exact) mass is 498 g/mol. The summed E-state index contributed by atoms with van der Waals surface area (Å²) in [5.41, 5.74) is 3.91. The summed E-state index contributed by atoms with van der Waals surface area (Å²) in [5.74, 6) is -0.0185. The van der Waals surface area contributed by atoms with Crippen molar-refractivity contribution >= 4 is 17.6 Å². The fraction of sp³-hybridized carbons (Fsp3) is 0.429. The Labute approximate surface area is 215 Å². The Hall–Kier alpha value is -4.06. The maximum Gasteiger partial charge on any atom is 0.315 e. The highest BCUT2D eigenvalue weighted by Gasteiger charge is 2.43. The first-order valence-electron chi connectivity index (χ1n) is 12.7. The number of amides is 2. The van der Waals surface area contributed by atoms with Gasteiger partial charge in [0, 0.05) is 11.6 Å². The van der Waals surface area contributed by atoms with Gasteiger partial charge in [-0.15, -0.1) is 0 Å². The van der Waals surface area contributed by atoms with Crippen LogP contribution in [0.1, 0.15) is 80.1 Å². The van der Waals surface area contributed by atoms with E-state index in [0.29, 0.717) is 18.1 Å². The Bertz CT molecular complexity index is 1380. The molecule has 0 bridgehead atoms. The lowest BCUT2D eigenvalue weighted by Gasteiger charge is -2.19. The fourth-order valence-corrected chi connectivity index (χ4v) is 4.68. The van der Waals surface area contributed by atoms with Gasteiger partial charge in [-0.05, 0) is 60.1 Å². The molecular weight excluding hydrogens is 468 g/mol. The molecule has 2 aromatic heterocycles. The summed E-state index contributed by atoms with van der Waals surface area (Å²) in [6.45, 7) is 5.90. The summed E-state index contributed by atoms with van der Waals surface area (Å²) in [5, 5.41) is 18.9. The molecule has 2 heterocycles. The van der Waals surface area contributed by atoms with Crippen molar-refractivity contribution in [1.82, 2.24) is 20.4 Å². The Morgan fingerprint density at radius 3 is 2.68 bits per heavy atom. The van der Waals surface area contributed by atoms with Gasteiger partial charge in [0.05, 0.1) is 23.9 Å². The van der Waals surface area contributed by atoms with Gasteiger partial charge in [-0.25, -0.2) is 4.98 Å². The van der Waals surface area contributed by atoms with Crippen LogP contribution in [0.2, 0.25) is 0 Å². The number of hydrogen-bond acceptors (Lipinski definition) is 7. The number of fused-ring (bicyclic) bond motifs is 1. The second-order valence-electron chi connectivity index (χ2n) is 10.9. The molecule has 2 amide bonds. The molecule has 9 heteroatoms. The number of pyridine rings is 1. The highest BCUT2D eigenvalue weighted by Crippen LogP contribution is 2.38. The largest absolute Gasteiger partial charge is 0.341 e. The van der Waals surface area contributed by atoms with Crippen LogP contribution < -0.4 is 10.6 Å². The molecule has 1 aromatic carbocycles. The van der Waals surface area contributed by atoms with E-state index in [1.807, 2.05) is 39.0 Å². The smallest absolute Gasteiger partial charge is 0.315 e. The molecular formula is C28H30N6O3. The fourth-order valence-electron chi connectivity index (χ4n) is 4.68. The van der Waals surface area contributed by atoms with E-state index in [1.165, 1.54) is 5.56 Å². The van der Waals surface area contributed by atoms with E-state index in [2.05, 4.69) is 44.0 Å². The lowest BCUT2D eigenvalue weighted by atomic mass is 9.94. The average Bonchev–Trinajstić information content (AvgIpc) is 3.55. The number of nitriles is 1. The van der Waals surface area contributed by atoms with Crippen molar-refractivity contribution in [2.45, 2.75) is 64.3 Å². The van der Waals surface area contributed by atoms with E-state index in [1.54, 1.807) is 6.20 Å². The average molecular weight is 499 g/mol. The van der Waals surface area contributed by atoms with Crippen LogP contribution in [0.15, 0.2) is 41.1 Å². The van der Waals surface area contributed by atoms with Crippen molar-refractivity contribution in [2.24, 2.45) is 11.8 Å². The number of carbonyl (C=O) groups excluding carboxylic acids is 2. The number of nitrogens with zero attached hydrogens (tertiary/aromatic N) is 4. The lowest BCUT2D eigenvalue weighted by Crippen LogP contribution is -2.29. The second-order valence-corrected chi connectivity index (χ2v) is 10.9. The molecule has 2 aliphatic carbocycles. The van der Waals surface area contributed by atoms with Crippen molar-refractivity contribution in [3.05, 3.63) is 59.4 Å². The molecule has 5 rings (SSSR count). The van der Waals surface area contributed by atoms with E-state index in [-0.39, 0.29) is 41.0 Å². The minimum Gasteiger partial charge on any atom is -0.341 e. The minimum absolute atomic E-state index is 0.0222. The first kappa shape index (κ1) is 24.6. The van der Waals surface area contributed by atoms with Crippen molar-refractivity contribution in [1.29, 1.82) is 5.26 Å². The molecule has 1 saturated carbocycles. The quantitative estimate of drug-likeness (QED) is 0.486. The van der Waals surface area contributed by atoms with Gasteiger partial charge < -0.3 is 15.2 Å². The first-order chi connectivity index (χ1) is 17.7. The highest BCUT2D eigenvalue weighted by molar-refractivity contribution is 5.94. The van der Waals surface area contributed by atoms with Gasteiger partial charge in [-0.2, -0.15) is 10.2 Å². The van der Waals surface area contributed by atoms with E-state index in [0.717, 1.165) is 42.4 Å². The summed E-state index contributed by atoms with van der Waals surface area (Å²) < 4.78 is 5.24. The van der Waals surface area contributed by atoms with Crippen LogP contribution in [-0.2, 0) is 16.6 Å². The maximum absolute atomic E-state index is 12.9. The number of aryl methyl sites for hydroxylation is 1. The van der Waals surface area contributed by atoms with Crippen LogP contribution in [0.4, 0.5) is 5.82 Å². The SMILES string of the molecule is CC(C)(C)c1noc(C(=O)NC2CCCCc3cc(-c4ccnc(NC(=O)[C@H]5C[C@@H]5C#N)c4)ccc32)n1. The van der Waals surface area contributed by atoms with E-state index < -0.39 is 0 Å². The standard InChI is InChI=1S/C28H30N6O3/c1-28(2,3)27-33-26(37-34-27)25(36)31-22-7-5-4-6-18-12-16(8-9-20(18)22)17-10-11-30-23(14-17)32-24(35)21-13-19(21)15-29/h8-12,14,19,21-22H,4-7,13H2,1-3H3,(H,31,36)(H,30,32,35)/t19-,21+,22?/m1/s1. The van der Waals surface area contributed by atoms with Crippen LogP contribution in [0.5, 0.6) is 0 Å². The number of carbonyl (C=O) groups is 2. The van der Waals surface area contributed by atoms with Crippen molar-refractivity contribution in [3.63, 3.8) is 0 Å². The molecule has 0 spiro atoms. The van der Waals surface area contributed by atoms with Gasteiger partial charge in [-0.1, -0.05) is 50.5 Å². The lowest BCUT2D eigenvalue weighted by molar-refractivity contribution is -0.117. The molecule has 190 valence electrons. The number of rotatable bonds is 5. The summed E-state index contributed by atoms with van der Waals surface area (Å²) in [6.07, 6.45) is 6.03. The number of anilines is 1. The summed E-state index contributed by atoms with van der Waals surface area (Å²) in [7, 11) is 0. The van der Waals surface area contributed by atoms with Gasteiger partial charge in [0.15, 0.2) is 5.82 Å². The Morgan fingerprint density at radius 1 is 1.14 bits per heavy atom. The van der Waals surface area contributed by atoms with Crippen LogP contribution in [0.25, 0.3) is 11.1 Å². The zero-order chi connectivity index (χ0) is 26.2. The van der Waals surface area contributed by atoms with Crippen molar-refractivity contribution in [3.8, 4) is 17.2 Å². The third-order valence-corrected chi connectivity index (χ3v) is 6.94. The summed E-state index contributed by atoms with van der Waals surface area (Å²) >= 11 is 0. The summed E-state index contributed by atoms with van der Waals surface area (Å²) in [4.78, 5) is 33.8. The topological polar surface area (TPSA) is 134 Å². The van der Waals surface area contributed by atoms with Gasteiger partial charge >= 0.3 is 11.8 Å². The zero-order valence-electron chi connectivity index (χ0n) is 21.2. The van der Waals surface area contributed by atoms with E-state index >= 15 is 0 Å². The normalized spacial score (nSPS) is 20.8. The van der Waals surface area contributed by atoms with E-state index in [9.17, 15) is 9.59 Å². The molecule has 2 aliphatic rings. The molecule has 0 saturated heterocycles. The predicted octanol–water partition coefficient (Wildman–Crippen LogP) is 4.72. The van der Waals surface area contributed by atoms with E-state index in [4.69, 9.17) is 9.78 Å². The van der Waals surface area contributed by atoms with Gasteiger partial charge in [0.2, 0.25) is 5.91 Å². The number of benzene rings is 1. The molecule has 3 aromatic rings. The molecule has 1 fully saturated rings. The van der Waals surface area contributed by atoms with Crippen molar-refractivity contribution < 1.29 is 14.1 Å². The number of nitrogens with one attached hydrogen (secondary N) is 2. The maximum atomic E-state index is 12.9. The van der Waals surface area contributed by atoms with Crippen LogP contribution in [0, 0.1) is 23.2 Å². The van der Waals surface area contributed by atoms with Gasteiger partial charge in [0.1, 0.15) is 5.82 Å². The van der Waals surface area contributed by atoms with Crippen LogP contribution >= 0.6 is 0 Å².